The quantitative estimate of drug-likeness (QED) is 0.518. The molecule has 28 heavy (non-hydrogen) atoms. The lowest BCUT2D eigenvalue weighted by atomic mass is 10.1. The van der Waals surface area contributed by atoms with Crippen molar-refractivity contribution < 1.29 is 18.0 Å². The van der Waals surface area contributed by atoms with E-state index in [4.69, 9.17) is 16.9 Å². The zero-order chi connectivity index (χ0) is 20.3. The number of fused-ring (bicyclic) bond motifs is 1. The fraction of sp³-hybridized carbons (Fsp3) is 0.100. The van der Waals surface area contributed by atoms with Crippen LogP contribution in [-0.4, -0.2) is 11.7 Å². The van der Waals surface area contributed by atoms with Crippen molar-refractivity contribution in [1.29, 1.82) is 5.26 Å². The number of alkyl halides is 3. The number of nitrogens with zero attached hydrogens (tertiary/aromatic N) is 1. The molecule has 1 amide bonds. The Morgan fingerprint density at radius 3 is 2.54 bits per heavy atom. The summed E-state index contributed by atoms with van der Waals surface area (Å²) in [6.45, 7) is 0. The van der Waals surface area contributed by atoms with E-state index in [0.29, 0.717) is 11.1 Å². The van der Waals surface area contributed by atoms with Crippen LogP contribution in [0, 0.1) is 11.3 Å². The highest BCUT2D eigenvalue weighted by Crippen LogP contribution is 2.36. The van der Waals surface area contributed by atoms with Crippen LogP contribution in [0.25, 0.3) is 10.8 Å². The lowest BCUT2D eigenvalue weighted by Gasteiger charge is -2.14. The number of thioether (sulfide) groups is 1. The normalized spacial score (nSPS) is 11.2. The second-order valence-electron chi connectivity index (χ2n) is 5.80. The van der Waals surface area contributed by atoms with Gasteiger partial charge in [0.05, 0.1) is 28.6 Å². The molecule has 3 aromatic rings. The van der Waals surface area contributed by atoms with Gasteiger partial charge < -0.3 is 5.32 Å². The standard InChI is InChI=1S/C20H12ClF3N2OS/c21-15-5-1-3-13-4-2-6-17(19(13)15)28-11-18(27)26-16-8-7-12(10-25)9-14(16)20(22,23)24/h1-9H,11H2,(H,26,27). The summed E-state index contributed by atoms with van der Waals surface area (Å²) < 4.78 is 39.6. The first-order valence-corrected chi connectivity index (χ1v) is 9.37. The van der Waals surface area contributed by atoms with Gasteiger partial charge in [0.1, 0.15) is 0 Å². The Labute approximate surface area is 168 Å². The molecule has 3 nitrogen and oxygen atoms in total. The summed E-state index contributed by atoms with van der Waals surface area (Å²) in [5, 5.41) is 13.3. The molecule has 0 saturated heterocycles. The summed E-state index contributed by atoms with van der Waals surface area (Å²) in [5.74, 6) is -0.689. The Hall–Kier alpha value is -2.69. The van der Waals surface area contributed by atoms with Gasteiger partial charge >= 0.3 is 6.18 Å². The highest BCUT2D eigenvalue weighted by molar-refractivity contribution is 8.00. The summed E-state index contributed by atoms with van der Waals surface area (Å²) >= 11 is 7.42. The van der Waals surface area contributed by atoms with Crippen LogP contribution in [0.5, 0.6) is 0 Å². The molecule has 0 unspecified atom stereocenters. The van der Waals surface area contributed by atoms with E-state index in [-0.39, 0.29) is 17.0 Å². The molecule has 0 spiro atoms. The average Bonchev–Trinajstić information content (AvgIpc) is 2.66. The van der Waals surface area contributed by atoms with Crippen molar-refractivity contribution in [2.45, 2.75) is 11.1 Å². The lowest BCUT2D eigenvalue weighted by Crippen LogP contribution is -2.18. The van der Waals surface area contributed by atoms with E-state index in [1.54, 1.807) is 18.2 Å². The molecular weight excluding hydrogens is 409 g/mol. The highest BCUT2D eigenvalue weighted by atomic mass is 35.5. The maximum Gasteiger partial charge on any atom is 0.418 e. The molecule has 8 heteroatoms. The van der Waals surface area contributed by atoms with E-state index < -0.39 is 17.6 Å². The van der Waals surface area contributed by atoms with Crippen LogP contribution in [0.3, 0.4) is 0 Å². The van der Waals surface area contributed by atoms with E-state index in [0.717, 1.165) is 21.7 Å². The molecular formula is C20H12ClF3N2OS. The molecule has 0 saturated carbocycles. The van der Waals surface area contributed by atoms with E-state index in [9.17, 15) is 18.0 Å². The topological polar surface area (TPSA) is 52.9 Å². The molecule has 0 aliphatic rings. The van der Waals surface area contributed by atoms with Crippen LogP contribution < -0.4 is 5.32 Å². The molecule has 3 rings (SSSR count). The summed E-state index contributed by atoms with van der Waals surface area (Å²) in [5.41, 5.74) is -1.57. The first-order valence-electron chi connectivity index (χ1n) is 8.01. The average molecular weight is 421 g/mol. The molecule has 0 bridgehead atoms. The van der Waals surface area contributed by atoms with Gasteiger partial charge in [-0.25, -0.2) is 0 Å². The van der Waals surface area contributed by atoms with Crippen LogP contribution in [0.15, 0.2) is 59.5 Å². The molecule has 0 heterocycles. The van der Waals surface area contributed by atoms with Gasteiger partial charge in [0.2, 0.25) is 5.91 Å². The maximum atomic E-state index is 13.2. The minimum absolute atomic E-state index is 0.0956. The summed E-state index contributed by atoms with van der Waals surface area (Å²) in [6, 6.07) is 15.6. The van der Waals surface area contributed by atoms with Crippen LogP contribution in [-0.2, 0) is 11.0 Å². The van der Waals surface area contributed by atoms with Crippen molar-refractivity contribution in [3.63, 3.8) is 0 Å². The number of halogens is 4. The number of anilines is 1. The number of carbonyl (C=O) groups excluding carboxylic acids is 1. The molecule has 142 valence electrons. The first-order chi connectivity index (χ1) is 13.3. The molecule has 1 N–H and O–H groups in total. The van der Waals surface area contributed by atoms with Gasteiger partial charge in [0.25, 0.3) is 0 Å². The lowest BCUT2D eigenvalue weighted by molar-refractivity contribution is -0.137. The van der Waals surface area contributed by atoms with Crippen LogP contribution in [0.1, 0.15) is 11.1 Å². The Morgan fingerprint density at radius 1 is 1.14 bits per heavy atom. The Balaban J connectivity index is 1.79. The van der Waals surface area contributed by atoms with Crippen molar-refractivity contribution in [3.8, 4) is 6.07 Å². The second kappa shape index (κ2) is 8.13. The van der Waals surface area contributed by atoms with Crippen molar-refractivity contribution >= 4 is 45.7 Å². The Morgan fingerprint density at radius 2 is 1.86 bits per heavy atom. The zero-order valence-corrected chi connectivity index (χ0v) is 15.8. The predicted octanol–water partition coefficient (Wildman–Crippen LogP) is 6.11. The van der Waals surface area contributed by atoms with Crippen molar-refractivity contribution in [2.75, 3.05) is 11.1 Å². The van der Waals surface area contributed by atoms with Crippen LogP contribution >= 0.6 is 23.4 Å². The number of benzene rings is 3. The maximum absolute atomic E-state index is 13.2. The third kappa shape index (κ3) is 4.41. The number of carbonyl (C=O) groups is 1. The van der Waals surface area contributed by atoms with Gasteiger partial charge in [-0.15, -0.1) is 11.8 Å². The number of nitriles is 1. The molecule has 0 fully saturated rings. The fourth-order valence-corrected chi connectivity index (χ4v) is 3.91. The molecule has 0 radical (unpaired) electrons. The molecule has 0 atom stereocenters. The Kier molecular flexibility index (Phi) is 5.82. The minimum atomic E-state index is -4.69. The zero-order valence-electron chi connectivity index (χ0n) is 14.2. The number of hydrogen-bond donors (Lipinski definition) is 1. The summed E-state index contributed by atoms with van der Waals surface area (Å²) in [6.07, 6.45) is -4.69. The molecule has 0 aliphatic carbocycles. The monoisotopic (exact) mass is 420 g/mol. The fourth-order valence-electron chi connectivity index (χ4n) is 2.67. The van der Waals surface area contributed by atoms with Gasteiger partial charge in [0.15, 0.2) is 0 Å². The largest absolute Gasteiger partial charge is 0.418 e. The number of amides is 1. The SMILES string of the molecule is N#Cc1ccc(NC(=O)CSc2cccc3cccc(Cl)c23)c(C(F)(F)F)c1. The predicted molar refractivity (Wildman–Crippen MR) is 104 cm³/mol. The molecule has 3 aromatic carbocycles. The number of rotatable bonds is 4. The second-order valence-corrected chi connectivity index (χ2v) is 7.23. The third-order valence-corrected chi connectivity index (χ3v) is 5.28. The van der Waals surface area contributed by atoms with Crippen LogP contribution in [0.2, 0.25) is 5.02 Å². The van der Waals surface area contributed by atoms with E-state index in [1.165, 1.54) is 17.8 Å². The molecule has 0 aliphatic heterocycles. The van der Waals surface area contributed by atoms with Crippen molar-refractivity contribution in [2.24, 2.45) is 0 Å². The van der Waals surface area contributed by atoms with Gasteiger partial charge in [-0.1, -0.05) is 35.9 Å². The number of hydrogen-bond acceptors (Lipinski definition) is 3. The van der Waals surface area contributed by atoms with Crippen LogP contribution in [0.4, 0.5) is 18.9 Å². The van der Waals surface area contributed by atoms with E-state index in [2.05, 4.69) is 5.32 Å². The van der Waals surface area contributed by atoms with Gasteiger partial charge in [-0.2, -0.15) is 18.4 Å². The Bertz CT molecular complexity index is 1090. The smallest absolute Gasteiger partial charge is 0.325 e. The van der Waals surface area contributed by atoms with E-state index >= 15 is 0 Å². The highest BCUT2D eigenvalue weighted by Gasteiger charge is 2.34. The van der Waals surface area contributed by atoms with E-state index in [1.807, 2.05) is 24.3 Å². The first kappa shape index (κ1) is 20.1. The number of nitrogens with one attached hydrogen (secondary N) is 1. The third-order valence-electron chi connectivity index (χ3n) is 3.90. The minimum Gasteiger partial charge on any atom is -0.325 e. The van der Waals surface area contributed by atoms with Gasteiger partial charge in [0, 0.05) is 15.3 Å². The van der Waals surface area contributed by atoms with Gasteiger partial charge in [-0.3, -0.25) is 4.79 Å². The molecule has 0 aromatic heterocycles. The summed E-state index contributed by atoms with van der Waals surface area (Å²) in [7, 11) is 0. The summed E-state index contributed by atoms with van der Waals surface area (Å²) in [4.78, 5) is 13.0. The van der Waals surface area contributed by atoms with Crippen molar-refractivity contribution in [1.82, 2.24) is 0 Å². The van der Waals surface area contributed by atoms with Gasteiger partial charge in [-0.05, 0) is 35.7 Å². The van der Waals surface area contributed by atoms with Crippen molar-refractivity contribution in [3.05, 3.63) is 70.7 Å².